The van der Waals surface area contributed by atoms with Crippen molar-refractivity contribution in [2.75, 3.05) is 6.61 Å². The van der Waals surface area contributed by atoms with E-state index in [9.17, 15) is 4.79 Å². The van der Waals surface area contributed by atoms with E-state index in [-0.39, 0.29) is 23.9 Å². The van der Waals surface area contributed by atoms with Gasteiger partial charge in [-0.3, -0.25) is 4.79 Å². The number of hydrogen-bond acceptors (Lipinski definition) is 2. The molecule has 0 aliphatic carbocycles. The Morgan fingerprint density at radius 1 is 1.03 bits per heavy atom. The van der Waals surface area contributed by atoms with Gasteiger partial charge in [-0.15, -0.1) is 0 Å². The molecule has 1 amide bonds. The summed E-state index contributed by atoms with van der Waals surface area (Å²) in [6.07, 6.45) is 2.52. The molecule has 4 heteroatoms. The predicted molar refractivity (Wildman–Crippen MR) is 125 cm³/mol. The fraction of sp³-hybridized carbons (Fsp3) is 0.480. The molecule has 29 heavy (non-hydrogen) atoms. The highest BCUT2D eigenvalue weighted by Gasteiger charge is 2.27. The maximum absolute atomic E-state index is 13.3. The lowest BCUT2D eigenvalue weighted by molar-refractivity contribution is -0.135. The predicted octanol–water partition coefficient (Wildman–Crippen LogP) is 6.80. The van der Waals surface area contributed by atoms with Crippen LogP contribution in [-0.4, -0.2) is 29.5 Å². The summed E-state index contributed by atoms with van der Waals surface area (Å²) in [6, 6.07) is 16.7. The summed E-state index contributed by atoms with van der Waals surface area (Å²) in [5.41, 5.74) is 2.19. The van der Waals surface area contributed by atoms with Crippen LogP contribution in [0.15, 0.2) is 53.0 Å². The quantitative estimate of drug-likeness (QED) is 0.365. The van der Waals surface area contributed by atoms with Crippen molar-refractivity contribution in [1.82, 2.24) is 4.90 Å². The van der Waals surface area contributed by atoms with Gasteiger partial charge < -0.3 is 9.64 Å². The highest BCUT2D eigenvalue weighted by molar-refractivity contribution is 9.10. The zero-order valence-corrected chi connectivity index (χ0v) is 19.9. The van der Waals surface area contributed by atoms with Crippen molar-refractivity contribution in [3.05, 3.63) is 64.1 Å². The highest BCUT2D eigenvalue weighted by atomic mass is 79.9. The van der Waals surface area contributed by atoms with E-state index in [1.165, 1.54) is 0 Å². The van der Waals surface area contributed by atoms with Crippen molar-refractivity contribution >= 4 is 21.8 Å². The van der Waals surface area contributed by atoms with Gasteiger partial charge in [-0.2, -0.15) is 0 Å². The SMILES string of the molecule is CCCCOc1ccc(Br)cc1[C@H](CC(=O)N(C(C)C)C(C)C)c1ccccc1. The van der Waals surface area contributed by atoms with E-state index in [0.717, 1.165) is 34.2 Å². The number of rotatable bonds is 10. The molecule has 0 spiro atoms. The van der Waals surface area contributed by atoms with E-state index in [4.69, 9.17) is 4.74 Å². The molecule has 1 atom stereocenters. The molecule has 2 rings (SSSR count). The summed E-state index contributed by atoms with van der Waals surface area (Å²) in [6.45, 7) is 11.2. The second-order valence-corrected chi connectivity index (χ2v) is 8.96. The first-order chi connectivity index (χ1) is 13.8. The van der Waals surface area contributed by atoms with E-state index in [2.05, 4.69) is 68.7 Å². The first-order valence-electron chi connectivity index (χ1n) is 10.6. The van der Waals surface area contributed by atoms with E-state index < -0.39 is 0 Å². The summed E-state index contributed by atoms with van der Waals surface area (Å²) >= 11 is 3.61. The molecule has 0 bridgehead atoms. The molecule has 2 aromatic rings. The fourth-order valence-electron chi connectivity index (χ4n) is 3.79. The normalized spacial score (nSPS) is 12.3. The minimum absolute atomic E-state index is 0.0576. The Balaban J connectivity index is 2.44. The molecule has 0 heterocycles. The molecule has 158 valence electrons. The van der Waals surface area contributed by atoms with Crippen LogP contribution in [0.4, 0.5) is 0 Å². The number of halogens is 1. The summed E-state index contributed by atoms with van der Waals surface area (Å²) in [5, 5.41) is 0. The minimum Gasteiger partial charge on any atom is -0.493 e. The number of carbonyl (C=O) groups is 1. The van der Waals surface area contributed by atoms with Crippen molar-refractivity contribution in [2.45, 2.75) is 71.9 Å². The topological polar surface area (TPSA) is 29.5 Å². The van der Waals surface area contributed by atoms with E-state index in [0.29, 0.717) is 13.0 Å². The van der Waals surface area contributed by atoms with Gasteiger partial charge in [0.25, 0.3) is 0 Å². The van der Waals surface area contributed by atoms with E-state index in [1.54, 1.807) is 0 Å². The van der Waals surface area contributed by atoms with Gasteiger partial charge in [-0.05, 0) is 57.9 Å². The maximum Gasteiger partial charge on any atom is 0.223 e. The monoisotopic (exact) mass is 459 g/mol. The Morgan fingerprint density at radius 2 is 1.69 bits per heavy atom. The third kappa shape index (κ3) is 6.60. The Kier molecular flexibility index (Phi) is 9.22. The van der Waals surface area contributed by atoms with Gasteiger partial charge in [-0.25, -0.2) is 0 Å². The van der Waals surface area contributed by atoms with Crippen molar-refractivity contribution in [1.29, 1.82) is 0 Å². The number of unbranched alkanes of at least 4 members (excludes halogenated alkanes) is 1. The summed E-state index contributed by atoms with van der Waals surface area (Å²) in [4.78, 5) is 15.3. The molecule has 0 aliphatic heterocycles. The van der Waals surface area contributed by atoms with Gasteiger partial charge >= 0.3 is 0 Å². The second-order valence-electron chi connectivity index (χ2n) is 8.04. The van der Waals surface area contributed by atoms with Crippen LogP contribution >= 0.6 is 15.9 Å². The van der Waals surface area contributed by atoms with Crippen LogP contribution in [0.25, 0.3) is 0 Å². The zero-order valence-electron chi connectivity index (χ0n) is 18.3. The van der Waals surface area contributed by atoms with Crippen LogP contribution in [0.3, 0.4) is 0 Å². The average Bonchev–Trinajstić information content (AvgIpc) is 2.67. The van der Waals surface area contributed by atoms with Crippen LogP contribution in [0.1, 0.15) is 70.9 Å². The Labute approximate surface area is 184 Å². The molecule has 0 fully saturated rings. The van der Waals surface area contributed by atoms with Crippen LogP contribution in [0, 0.1) is 0 Å². The van der Waals surface area contributed by atoms with Gasteiger partial charge in [0.1, 0.15) is 5.75 Å². The largest absolute Gasteiger partial charge is 0.493 e. The Bertz CT molecular complexity index is 766. The van der Waals surface area contributed by atoms with E-state index >= 15 is 0 Å². The average molecular weight is 460 g/mol. The third-order valence-corrected chi connectivity index (χ3v) is 5.58. The molecule has 3 nitrogen and oxygen atoms in total. The molecule has 0 aromatic heterocycles. The second kappa shape index (κ2) is 11.4. The van der Waals surface area contributed by atoms with Crippen molar-refractivity contribution in [3.63, 3.8) is 0 Å². The molecular weight excluding hydrogens is 426 g/mol. The van der Waals surface area contributed by atoms with E-state index in [1.807, 2.05) is 35.2 Å². The standard InChI is InChI=1S/C25H34BrNO2/c1-6-7-15-29-24-14-13-21(26)16-23(24)22(20-11-9-8-10-12-20)17-25(28)27(18(2)3)19(4)5/h8-14,16,18-19,22H,6-7,15,17H2,1-5H3/t22-/m1/s1. The van der Waals surface area contributed by atoms with Crippen LogP contribution in [-0.2, 0) is 4.79 Å². The zero-order chi connectivity index (χ0) is 21.4. The summed E-state index contributed by atoms with van der Waals surface area (Å²) in [5.74, 6) is 0.977. The van der Waals surface area contributed by atoms with Crippen LogP contribution in [0.5, 0.6) is 5.75 Å². The third-order valence-electron chi connectivity index (χ3n) is 5.08. The van der Waals surface area contributed by atoms with Gasteiger partial charge in [-0.1, -0.05) is 59.6 Å². The molecule has 0 saturated heterocycles. The van der Waals surface area contributed by atoms with Gasteiger partial charge in [0.15, 0.2) is 0 Å². The molecule has 0 aliphatic rings. The lowest BCUT2D eigenvalue weighted by Gasteiger charge is -2.32. The van der Waals surface area contributed by atoms with Gasteiger partial charge in [0, 0.05) is 34.5 Å². The Hall–Kier alpha value is -1.81. The number of nitrogens with zero attached hydrogens (tertiary/aromatic N) is 1. The molecular formula is C25H34BrNO2. The van der Waals surface area contributed by atoms with Crippen molar-refractivity contribution in [3.8, 4) is 5.75 Å². The van der Waals surface area contributed by atoms with Crippen LogP contribution in [0.2, 0.25) is 0 Å². The number of carbonyl (C=O) groups excluding carboxylic acids is 1. The number of amides is 1. The number of benzene rings is 2. The smallest absolute Gasteiger partial charge is 0.223 e. The van der Waals surface area contributed by atoms with Gasteiger partial charge in [0.2, 0.25) is 5.91 Å². The Morgan fingerprint density at radius 3 is 2.28 bits per heavy atom. The first-order valence-corrected chi connectivity index (χ1v) is 11.4. The summed E-state index contributed by atoms with van der Waals surface area (Å²) in [7, 11) is 0. The lowest BCUT2D eigenvalue weighted by Crippen LogP contribution is -2.42. The van der Waals surface area contributed by atoms with Gasteiger partial charge in [0.05, 0.1) is 6.61 Å². The fourth-order valence-corrected chi connectivity index (χ4v) is 4.17. The van der Waals surface area contributed by atoms with Crippen molar-refractivity contribution in [2.24, 2.45) is 0 Å². The molecule has 0 saturated carbocycles. The molecule has 0 radical (unpaired) electrons. The number of ether oxygens (including phenoxy) is 1. The molecule has 2 aromatic carbocycles. The number of hydrogen-bond donors (Lipinski definition) is 0. The highest BCUT2D eigenvalue weighted by Crippen LogP contribution is 2.37. The maximum atomic E-state index is 13.3. The summed E-state index contributed by atoms with van der Waals surface area (Å²) < 4.78 is 7.12. The van der Waals surface area contributed by atoms with Crippen molar-refractivity contribution < 1.29 is 9.53 Å². The lowest BCUT2D eigenvalue weighted by atomic mass is 9.87. The minimum atomic E-state index is -0.0576. The molecule has 0 N–H and O–H groups in total. The molecule has 0 unspecified atom stereocenters. The first kappa shape index (κ1) is 23.5. The van der Waals surface area contributed by atoms with Crippen LogP contribution < -0.4 is 4.74 Å².